The second kappa shape index (κ2) is 10.8. The van der Waals surface area contributed by atoms with Crippen molar-refractivity contribution in [1.29, 1.82) is 0 Å². The van der Waals surface area contributed by atoms with Crippen molar-refractivity contribution < 1.29 is 23.8 Å². The standard InChI is InChI=1S/C25H24N4O5S/c1-4-33-25(31)22-15(2)27-18-7-5-6-8-19(18)28-23(22)29-24(30)16-9-10-20(21(11-16)32-3)34-12-17-13-35-14-26-17/h5-11,13-14,27H,4,12H2,1-3H3,(H,28,29,30). The molecule has 0 radical (unpaired) electrons. The molecule has 0 atom stereocenters. The predicted molar refractivity (Wildman–Crippen MR) is 133 cm³/mol. The number of rotatable bonds is 7. The highest BCUT2D eigenvalue weighted by atomic mass is 32.1. The van der Waals surface area contributed by atoms with E-state index in [-0.39, 0.29) is 24.6 Å². The van der Waals surface area contributed by atoms with Crippen molar-refractivity contribution in [3.63, 3.8) is 0 Å². The van der Waals surface area contributed by atoms with E-state index in [1.165, 1.54) is 18.4 Å². The fourth-order valence-corrected chi connectivity index (χ4v) is 3.95. The van der Waals surface area contributed by atoms with Gasteiger partial charge in [-0.1, -0.05) is 12.1 Å². The third-order valence-electron chi connectivity index (χ3n) is 5.07. The molecule has 1 aliphatic rings. The van der Waals surface area contributed by atoms with E-state index in [0.717, 1.165) is 5.69 Å². The van der Waals surface area contributed by atoms with E-state index >= 15 is 0 Å². The monoisotopic (exact) mass is 492 g/mol. The van der Waals surface area contributed by atoms with Gasteiger partial charge in [-0.25, -0.2) is 14.8 Å². The normalized spacial score (nSPS) is 12.6. The number of carbonyl (C=O) groups is 2. The number of allylic oxidation sites excluding steroid dienone is 1. The maximum Gasteiger partial charge on any atom is 0.343 e. The van der Waals surface area contributed by atoms with Crippen molar-refractivity contribution in [2.24, 2.45) is 4.99 Å². The summed E-state index contributed by atoms with van der Waals surface area (Å²) < 4.78 is 16.4. The Hall–Kier alpha value is -4.18. The average Bonchev–Trinajstić information content (AvgIpc) is 3.33. The Morgan fingerprint density at radius 2 is 1.97 bits per heavy atom. The summed E-state index contributed by atoms with van der Waals surface area (Å²) >= 11 is 1.48. The zero-order valence-corrected chi connectivity index (χ0v) is 20.3. The van der Waals surface area contributed by atoms with Gasteiger partial charge in [0.15, 0.2) is 11.5 Å². The minimum Gasteiger partial charge on any atom is -0.493 e. The zero-order chi connectivity index (χ0) is 24.8. The van der Waals surface area contributed by atoms with Gasteiger partial charge in [0, 0.05) is 16.6 Å². The molecular weight excluding hydrogens is 468 g/mol. The Balaban J connectivity index is 1.61. The lowest BCUT2D eigenvalue weighted by molar-refractivity contribution is -0.137. The number of amides is 1. The van der Waals surface area contributed by atoms with Crippen LogP contribution >= 0.6 is 11.3 Å². The van der Waals surface area contributed by atoms with Crippen LogP contribution in [0.15, 0.2) is 69.6 Å². The van der Waals surface area contributed by atoms with Gasteiger partial charge in [0.05, 0.1) is 36.3 Å². The van der Waals surface area contributed by atoms with Crippen LogP contribution in [0.25, 0.3) is 0 Å². The van der Waals surface area contributed by atoms with Gasteiger partial charge < -0.3 is 24.8 Å². The maximum absolute atomic E-state index is 13.2. The molecule has 2 heterocycles. The van der Waals surface area contributed by atoms with E-state index in [2.05, 4.69) is 20.6 Å². The number of hydrogen-bond acceptors (Lipinski definition) is 9. The number of anilines is 1. The third kappa shape index (κ3) is 5.49. The molecule has 0 unspecified atom stereocenters. The molecule has 10 heteroatoms. The largest absolute Gasteiger partial charge is 0.493 e. The number of nitrogens with zero attached hydrogens (tertiary/aromatic N) is 2. The average molecular weight is 493 g/mol. The van der Waals surface area contributed by atoms with Crippen LogP contribution in [0.2, 0.25) is 0 Å². The number of nitrogens with one attached hydrogen (secondary N) is 2. The highest BCUT2D eigenvalue weighted by molar-refractivity contribution is 7.07. The number of thiazole rings is 1. The molecule has 0 aliphatic carbocycles. The van der Waals surface area contributed by atoms with Crippen LogP contribution in [-0.4, -0.2) is 36.4 Å². The number of aliphatic imine (C=N–C) groups is 1. The van der Waals surface area contributed by atoms with Crippen molar-refractivity contribution in [3.8, 4) is 11.5 Å². The lowest BCUT2D eigenvalue weighted by Crippen LogP contribution is -2.35. The topological polar surface area (TPSA) is 111 Å². The Labute approximate surface area is 206 Å². The van der Waals surface area contributed by atoms with Crippen molar-refractivity contribution in [1.82, 2.24) is 10.3 Å². The first-order valence-electron chi connectivity index (χ1n) is 10.8. The molecule has 9 nitrogen and oxygen atoms in total. The molecule has 4 rings (SSSR count). The molecule has 0 fully saturated rings. The molecule has 0 saturated carbocycles. The summed E-state index contributed by atoms with van der Waals surface area (Å²) in [6.07, 6.45) is 0. The number of amidine groups is 1. The summed E-state index contributed by atoms with van der Waals surface area (Å²) in [7, 11) is 1.50. The lowest BCUT2D eigenvalue weighted by Gasteiger charge is -2.14. The fraction of sp³-hybridized carbons (Fsp3) is 0.200. The summed E-state index contributed by atoms with van der Waals surface area (Å²) in [5.74, 6) is -0.106. The number of fused-ring (bicyclic) bond motifs is 1. The molecule has 2 aromatic carbocycles. The Bertz CT molecular complexity index is 1300. The highest BCUT2D eigenvalue weighted by Gasteiger charge is 2.26. The quantitative estimate of drug-likeness (QED) is 0.469. The minimum atomic E-state index is -0.590. The molecule has 1 amide bonds. The number of methoxy groups -OCH3 is 1. The second-order valence-corrected chi connectivity index (χ2v) is 8.13. The van der Waals surface area contributed by atoms with Gasteiger partial charge in [-0.2, -0.15) is 0 Å². The van der Waals surface area contributed by atoms with Crippen molar-refractivity contribution in [2.75, 3.05) is 19.0 Å². The van der Waals surface area contributed by atoms with Gasteiger partial charge in [-0.05, 0) is 44.2 Å². The number of ether oxygens (including phenoxy) is 3. The van der Waals surface area contributed by atoms with Crippen LogP contribution in [0.4, 0.5) is 11.4 Å². The molecule has 0 spiro atoms. The number of benzene rings is 2. The first kappa shape index (κ1) is 24.0. The van der Waals surface area contributed by atoms with Gasteiger partial charge in [-0.15, -0.1) is 11.3 Å². The first-order valence-corrected chi connectivity index (χ1v) is 11.8. The molecule has 1 aromatic heterocycles. The highest BCUT2D eigenvalue weighted by Crippen LogP contribution is 2.31. The molecule has 3 aromatic rings. The van der Waals surface area contributed by atoms with E-state index < -0.39 is 11.9 Å². The third-order valence-corrected chi connectivity index (χ3v) is 5.70. The van der Waals surface area contributed by atoms with Crippen molar-refractivity contribution in [3.05, 3.63) is 75.9 Å². The molecule has 35 heavy (non-hydrogen) atoms. The zero-order valence-electron chi connectivity index (χ0n) is 19.5. The molecule has 0 saturated heterocycles. The fourth-order valence-electron chi connectivity index (χ4n) is 3.41. The van der Waals surface area contributed by atoms with Crippen LogP contribution < -0.4 is 20.1 Å². The van der Waals surface area contributed by atoms with E-state index in [1.807, 2.05) is 23.6 Å². The molecule has 0 bridgehead atoms. The van der Waals surface area contributed by atoms with Crippen LogP contribution in [0, 0.1) is 0 Å². The smallest absolute Gasteiger partial charge is 0.343 e. The van der Waals surface area contributed by atoms with Gasteiger partial charge in [0.1, 0.15) is 18.0 Å². The van der Waals surface area contributed by atoms with Gasteiger partial charge in [-0.3, -0.25) is 4.79 Å². The number of para-hydroxylation sites is 2. The van der Waals surface area contributed by atoms with Gasteiger partial charge in [0.25, 0.3) is 5.91 Å². The Morgan fingerprint density at radius 1 is 1.14 bits per heavy atom. The Kier molecular flexibility index (Phi) is 7.41. The summed E-state index contributed by atoms with van der Waals surface area (Å²) in [6, 6.07) is 12.1. The van der Waals surface area contributed by atoms with Crippen LogP contribution in [0.5, 0.6) is 11.5 Å². The van der Waals surface area contributed by atoms with Crippen molar-refractivity contribution in [2.45, 2.75) is 20.5 Å². The van der Waals surface area contributed by atoms with E-state index in [9.17, 15) is 9.59 Å². The van der Waals surface area contributed by atoms with Crippen LogP contribution in [0.1, 0.15) is 29.9 Å². The van der Waals surface area contributed by atoms with E-state index in [1.54, 1.807) is 43.6 Å². The molecular formula is C25H24N4O5S. The molecule has 2 N–H and O–H groups in total. The SMILES string of the molecule is CCOC(=O)C1=C(C)Nc2ccccc2N=C1NC(=O)c1ccc(OCc2cscn2)c(OC)c1. The van der Waals surface area contributed by atoms with Crippen LogP contribution in [0.3, 0.4) is 0 Å². The summed E-state index contributed by atoms with van der Waals surface area (Å²) in [5, 5.41) is 7.84. The Morgan fingerprint density at radius 3 is 2.71 bits per heavy atom. The molecule has 180 valence electrons. The van der Waals surface area contributed by atoms with Crippen LogP contribution in [-0.2, 0) is 16.1 Å². The summed E-state index contributed by atoms with van der Waals surface area (Å²) in [4.78, 5) is 34.7. The maximum atomic E-state index is 13.2. The number of hydrogen-bond donors (Lipinski definition) is 2. The second-order valence-electron chi connectivity index (χ2n) is 7.41. The van der Waals surface area contributed by atoms with E-state index in [0.29, 0.717) is 34.1 Å². The summed E-state index contributed by atoms with van der Waals surface area (Å²) in [6.45, 7) is 3.91. The lowest BCUT2D eigenvalue weighted by atomic mass is 10.1. The van der Waals surface area contributed by atoms with Gasteiger partial charge >= 0.3 is 5.97 Å². The first-order chi connectivity index (χ1) is 17.0. The number of carbonyl (C=O) groups excluding carboxylic acids is 2. The van der Waals surface area contributed by atoms with E-state index in [4.69, 9.17) is 14.2 Å². The van der Waals surface area contributed by atoms with Crippen molar-refractivity contribution >= 4 is 40.4 Å². The summed E-state index contributed by atoms with van der Waals surface area (Å²) in [5.41, 5.74) is 4.77. The minimum absolute atomic E-state index is 0.0891. The molecule has 1 aliphatic heterocycles. The predicted octanol–water partition coefficient (Wildman–Crippen LogP) is 4.45. The number of aromatic nitrogens is 1. The van der Waals surface area contributed by atoms with Gasteiger partial charge in [0.2, 0.25) is 0 Å². The number of esters is 1.